The van der Waals surface area contributed by atoms with E-state index in [1.165, 1.54) is 5.56 Å². The van der Waals surface area contributed by atoms with Crippen LogP contribution in [0.3, 0.4) is 0 Å². The summed E-state index contributed by atoms with van der Waals surface area (Å²) in [4.78, 5) is 26.0. The van der Waals surface area contributed by atoms with Gasteiger partial charge in [0.25, 0.3) is 0 Å². The molecule has 2 heterocycles. The number of carbonyl (C=O) groups is 2. The molecule has 28 heavy (non-hydrogen) atoms. The zero-order valence-corrected chi connectivity index (χ0v) is 15.5. The quantitative estimate of drug-likeness (QED) is 0.691. The summed E-state index contributed by atoms with van der Waals surface area (Å²) in [6.07, 6.45) is 3.63. The first-order valence-electron chi connectivity index (χ1n) is 9.50. The third-order valence-electron chi connectivity index (χ3n) is 5.24. The van der Waals surface area contributed by atoms with E-state index in [9.17, 15) is 9.59 Å². The van der Waals surface area contributed by atoms with Crippen LogP contribution < -0.4 is 5.32 Å². The first-order valence-corrected chi connectivity index (χ1v) is 9.50. The zero-order valence-electron chi connectivity index (χ0n) is 15.5. The fourth-order valence-electron chi connectivity index (χ4n) is 3.92. The number of nitrogens with one attached hydrogen (secondary N) is 1. The molecule has 6 heteroatoms. The fourth-order valence-corrected chi connectivity index (χ4v) is 3.92. The van der Waals surface area contributed by atoms with Crippen LogP contribution >= 0.6 is 0 Å². The van der Waals surface area contributed by atoms with E-state index >= 15 is 0 Å². The standard InChI is InChI=1S/C22H23N3O3/c26-21(27)15-25-12-10-17-13-18(8-9-19(17)25)23-22(28)20-7-4-11-24(20)14-16-5-2-1-3-6-16/h1-3,5-6,8-10,12-13,20H,4,7,11,14-15H2,(H,23,28)(H,26,27). The largest absolute Gasteiger partial charge is 0.480 e. The highest BCUT2D eigenvalue weighted by atomic mass is 16.4. The summed E-state index contributed by atoms with van der Waals surface area (Å²) in [5, 5.41) is 12.9. The number of rotatable bonds is 6. The van der Waals surface area contributed by atoms with Gasteiger partial charge in [-0.3, -0.25) is 14.5 Å². The minimum atomic E-state index is -0.880. The van der Waals surface area contributed by atoms with Gasteiger partial charge in [-0.1, -0.05) is 30.3 Å². The van der Waals surface area contributed by atoms with E-state index in [1.54, 1.807) is 10.8 Å². The normalized spacial score (nSPS) is 17.1. The van der Waals surface area contributed by atoms with E-state index in [-0.39, 0.29) is 18.5 Å². The molecule has 0 radical (unpaired) electrons. The lowest BCUT2D eigenvalue weighted by atomic mass is 10.1. The minimum absolute atomic E-state index is 0.0118. The van der Waals surface area contributed by atoms with Crippen LogP contribution in [-0.4, -0.2) is 39.0 Å². The Labute approximate surface area is 163 Å². The number of benzene rings is 2. The van der Waals surface area contributed by atoms with E-state index in [4.69, 9.17) is 5.11 Å². The maximum atomic E-state index is 12.9. The second-order valence-electron chi connectivity index (χ2n) is 7.21. The van der Waals surface area contributed by atoms with Gasteiger partial charge in [-0.15, -0.1) is 0 Å². The van der Waals surface area contributed by atoms with Crippen molar-refractivity contribution in [2.75, 3.05) is 11.9 Å². The Morgan fingerprint density at radius 3 is 2.71 bits per heavy atom. The van der Waals surface area contributed by atoms with Crippen LogP contribution in [0.25, 0.3) is 10.9 Å². The molecule has 2 N–H and O–H groups in total. The van der Waals surface area contributed by atoms with Gasteiger partial charge in [0.1, 0.15) is 6.54 Å². The van der Waals surface area contributed by atoms with Crippen LogP contribution in [0, 0.1) is 0 Å². The van der Waals surface area contributed by atoms with Crippen LogP contribution in [0.15, 0.2) is 60.8 Å². The molecule has 1 aromatic heterocycles. The molecule has 3 aromatic rings. The monoisotopic (exact) mass is 377 g/mol. The van der Waals surface area contributed by atoms with E-state index in [2.05, 4.69) is 22.3 Å². The number of likely N-dealkylation sites (tertiary alicyclic amines) is 1. The van der Waals surface area contributed by atoms with Gasteiger partial charge < -0.3 is 15.0 Å². The summed E-state index contributed by atoms with van der Waals surface area (Å²) in [5.41, 5.74) is 2.78. The Morgan fingerprint density at radius 2 is 1.93 bits per heavy atom. The van der Waals surface area contributed by atoms with Crippen LogP contribution in [0.5, 0.6) is 0 Å². The van der Waals surface area contributed by atoms with E-state index < -0.39 is 5.97 Å². The topological polar surface area (TPSA) is 74.6 Å². The molecule has 0 spiro atoms. The van der Waals surface area contributed by atoms with Gasteiger partial charge in [-0.05, 0) is 49.2 Å². The highest BCUT2D eigenvalue weighted by Crippen LogP contribution is 2.24. The van der Waals surface area contributed by atoms with E-state index in [1.807, 2.05) is 42.5 Å². The van der Waals surface area contributed by atoms with Crippen molar-refractivity contribution >= 4 is 28.5 Å². The number of carboxylic acids is 1. The van der Waals surface area contributed by atoms with Crippen molar-refractivity contribution < 1.29 is 14.7 Å². The molecule has 1 aliphatic rings. The Kier molecular flexibility index (Phi) is 5.12. The average Bonchev–Trinajstić information content (AvgIpc) is 3.29. The minimum Gasteiger partial charge on any atom is -0.480 e. The lowest BCUT2D eigenvalue weighted by Crippen LogP contribution is -2.39. The first kappa shape index (κ1) is 18.3. The Bertz CT molecular complexity index is 997. The number of aromatic nitrogens is 1. The number of nitrogens with zero attached hydrogens (tertiary/aromatic N) is 2. The molecule has 4 rings (SSSR count). The Hall–Kier alpha value is -3.12. The molecular weight excluding hydrogens is 354 g/mol. The van der Waals surface area contributed by atoms with Crippen molar-refractivity contribution in [2.24, 2.45) is 0 Å². The van der Waals surface area contributed by atoms with Gasteiger partial charge in [-0.2, -0.15) is 0 Å². The predicted octanol–water partition coefficient (Wildman–Crippen LogP) is 3.33. The van der Waals surface area contributed by atoms with Gasteiger partial charge in [0, 0.05) is 29.3 Å². The van der Waals surface area contributed by atoms with E-state index in [0.717, 1.165) is 42.5 Å². The van der Waals surface area contributed by atoms with Crippen LogP contribution in [0.1, 0.15) is 18.4 Å². The van der Waals surface area contributed by atoms with Crippen molar-refractivity contribution in [3.63, 3.8) is 0 Å². The SMILES string of the molecule is O=C(O)Cn1ccc2cc(NC(=O)C3CCCN3Cc3ccccc3)ccc21. The summed E-state index contributed by atoms with van der Waals surface area (Å²) in [5.74, 6) is -0.868. The average molecular weight is 377 g/mol. The third-order valence-corrected chi connectivity index (χ3v) is 5.24. The number of carboxylic acid groups (broad SMARTS) is 1. The number of hydrogen-bond acceptors (Lipinski definition) is 3. The van der Waals surface area contributed by atoms with E-state index in [0.29, 0.717) is 0 Å². The van der Waals surface area contributed by atoms with Gasteiger partial charge in [0.05, 0.1) is 6.04 Å². The number of carbonyl (C=O) groups excluding carboxylic acids is 1. The number of amides is 1. The number of hydrogen-bond donors (Lipinski definition) is 2. The highest BCUT2D eigenvalue weighted by Gasteiger charge is 2.30. The molecule has 2 aromatic carbocycles. The zero-order chi connectivity index (χ0) is 19.5. The van der Waals surface area contributed by atoms with Crippen LogP contribution in [-0.2, 0) is 22.7 Å². The molecule has 1 aliphatic heterocycles. The predicted molar refractivity (Wildman–Crippen MR) is 108 cm³/mol. The molecular formula is C22H23N3O3. The summed E-state index contributed by atoms with van der Waals surface area (Å²) in [6.45, 7) is 1.62. The summed E-state index contributed by atoms with van der Waals surface area (Å²) < 4.78 is 1.68. The summed E-state index contributed by atoms with van der Waals surface area (Å²) >= 11 is 0. The van der Waals surface area contributed by atoms with Crippen molar-refractivity contribution in [2.45, 2.75) is 32.0 Å². The van der Waals surface area contributed by atoms with Crippen molar-refractivity contribution in [3.8, 4) is 0 Å². The second kappa shape index (κ2) is 7.86. The Balaban J connectivity index is 1.46. The van der Waals surface area contributed by atoms with Gasteiger partial charge >= 0.3 is 5.97 Å². The lowest BCUT2D eigenvalue weighted by Gasteiger charge is -2.23. The second-order valence-corrected chi connectivity index (χ2v) is 7.21. The van der Waals surface area contributed by atoms with Crippen molar-refractivity contribution in [1.82, 2.24) is 9.47 Å². The first-order chi connectivity index (χ1) is 13.6. The summed E-state index contributed by atoms with van der Waals surface area (Å²) in [6, 6.07) is 17.5. The molecule has 1 atom stereocenters. The maximum absolute atomic E-state index is 12.9. The van der Waals surface area contributed by atoms with Crippen LogP contribution in [0.2, 0.25) is 0 Å². The van der Waals surface area contributed by atoms with Gasteiger partial charge in [-0.25, -0.2) is 0 Å². The summed E-state index contributed by atoms with van der Waals surface area (Å²) in [7, 11) is 0. The van der Waals surface area contributed by atoms with Gasteiger partial charge in [0.15, 0.2) is 0 Å². The van der Waals surface area contributed by atoms with Crippen molar-refractivity contribution in [1.29, 1.82) is 0 Å². The Morgan fingerprint density at radius 1 is 1.11 bits per heavy atom. The lowest BCUT2D eigenvalue weighted by molar-refractivity contribution is -0.137. The van der Waals surface area contributed by atoms with Crippen molar-refractivity contribution in [3.05, 3.63) is 66.4 Å². The highest BCUT2D eigenvalue weighted by molar-refractivity contribution is 5.97. The molecule has 1 unspecified atom stereocenters. The van der Waals surface area contributed by atoms with Gasteiger partial charge in [0.2, 0.25) is 5.91 Å². The fraction of sp³-hybridized carbons (Fsp3) is 0.273. The third kappa shape index (κ3) is 3.92. The number of fused-ring (bicyclic) bond motifs is 1. The molecule has 1 saturated heterocycles. The molecule has 144 valence electrons. The molecule has 6 nitrogen and oxygen atoms in total. The molecule has 0 bridgehead atoms. The number of aliphatic carboxylic acids is 1. The smallest absolute Gasteiger partial charge is 0.323 e. The number of anilines is 1. The molecule has 1 amide bonds. The van der Waals surface area contributed by atoms with Crippen LogP contribution in [0.4, 0.5) is 5.69 Å². The maximum Gasteiger partial charge on any atom is 0.323 e. The molecule has 1 fully saturated rings. The molecule has 0 aliphatic carbocycles. The molecule has 0 saturated carbocycles.